The maximum atomic E-state index is 12.8. The third kappa shape index (κ3) is 5.28. The van der Waals surface area contributed by atoms with Gasteiger partial charge in [0.15, 0.2) is 23.0 Å². The molecule has 2 aliphatic rings. The van der Waals surface area contributed by atoms with E-state index in [1.54, 1.807) is 42.5 Å². The van der Waals surface area contributed by atoms with Crippen LogP contribution in [0.15, 0.2) is 41.3 Å². The van der Waals surface area contributed by atoms with Crippen LogP contribution in [0.25, 0.3) is 6.08 Å². The van der Waals surface area contributed by atoms with Gasteiger partial charge in [0.1, 0.15) is 6.54 Å². The van der Waals surface area contributed by atoms with Crippen molar-refractivity contribution in [2.45, 2.75) is 26.9 Å². The first-order chi connectivity index (χ1) is 16.3. The van der Waals surface area contributed by atoms with Crippen LogP contribution in [0.4, 0.5) is 10.5 Å². The molecule has 2 heterocycles. The highest BCUT2D eigenvalue weighted by molar-refractivity contribution is 8.18. The van der Waals surface area contributed by atoms with Crippen molar-refractivity contribution in [1.29, 1.82) is 0 Å². The van der Waals surface area contributed by atoms with Crippen molar-refractivity contribution in [1.82, 2.24) is 4.90 Å². The highest BCUT2D eigenvalue weighted by Gasteiger charge is 2.36. The van der Waals surface area contributed by atoms with E-state index in [0.29, 0.717) is 40.9 Å². The van der Waals surface area contributed by atoms with Crippen molar-refractivity contribution in [2.24, 2.45) is 0 Å². The van der Waals surface area contributed by atoms with Crippen molar-refractivity contribution in [3.63, 3.8) is 0 Å². The Morgan fingerprint density at radius 3 is 2.71 bits per heavy atom. The Labute approximate surface area is 201 Å². The molecule has 178 valence electrons. The fraction of sp³-hybridized carbons (Fsp3) is 0.292. The van der Waals surface area contributed by atoms with Gasteiger partial charge in [0.25, 0.3) is 11.1 Å². The number of anilines is 1. The van der Waals surface area contributed by atoms with Crippen LogP contribution in [0.3, 0.4) is 0 Å². The molecule has 1 N–H and O–H groups in total. The second-order valence-corrected chi connectivity index (χ2v) is 8.68. The van der Waals surface area contributed by atoms with Gasteiger partial charge in [-0.25, -0.2) is 0 Å². The molecule has 0 atom stereocenters. The number of imide groups is 1. The molecule has 0 bridgehead atoms. The summed E-state index contributed by atoms with van der Waals surface area (Å²) in [6.07, 6.45) is 1.58. The van der Waals surface area contributed by atoms with Crippen LogP contribution in [0, 0.1) is 0 Å². The minimum atomic E-state index is -0.531. The highest BCUT2D eigenvalue weighted by Crippen LogP contribution is 2.36. The number of hydrogen-bond acceptors (Lipinski definition) is 8. The monoisotopic (exact) mass is 484 g/mol. The average molecular weight is 485 g/mol. The minimum Gasteiger partial charge on any atom is -0.490 e. The number of nitrogens with zero attached hydrogens (tertiary/aromatic N) is 1. The number of thioether (sulfide) groups is 1. The maximum absolute atomic E-state index is 12.8. The summed E-state index contributed by atoms with van der Waals surface area (Å²) in [6, 6.07) is 10.2. The van der Waals surface area contributed by atoms with Crippen molar-refractivity contribution >= 4 is 40.6 Å². The Kier molecular flexibility index (Phi) is 6.97. The number of ether oxygens (including phenoxy) is 4. The third-order valence-electron chi connectivity index (χ3n) is 4.76. The first-order valence-corrected chi connectivity index (χ1v) is 11.5. The Hall–Kier alpha value is -3.66. The van der Waals surface area contributed by atoms with Gasteiger partial charge in [0.2, 0.25) is 12.7 Å². The standard InChI is InChI=1S/C24H24N2O7S/c1-4-30-19-9-15(5-7-18(19)33-14(2)3)10-21-23(28)26(24(29)34-21)12-22(27)25-16-6-8-17-20(11-16)32-13-31-17/h5-11,14H,4,12-13H2,1-3H3,(H,25,27)/b21-10+. The molecule has 1 fully saturated rings. The molecule has 2 aromatic carbocycles. The number of carbonyl (C=O) groups excluding carboxylic acids is 3. The Morgan fingerprint density at radius 2 is 1.94 bits per heavy atom. The van der Waals surface area contributed by atoms with Gasteiger partial charge in [0, 0.05) is 11.8 Å². The van der Waals surface area contributed by atoms with Crippen LogP contribution >= 0.6 is 11.8 Å². The zero-order valence-corrected chi connectivity index (χ0v) is 19.8. The molecule has 2 aliphatic heterocycles. The normalized spacial score (nSPS) is 15.9. The predicted octanol–water partition coefficient (Wildman–Crippen LogP) is 4.28. The van der Waals surface area contributed by atoms with Gasteiger partial charge >= 0.3 is 0 Å². The van der Waals surface area contributed by atoms with Gasteiger partial charge in [-0.05, 0) is 68.4 Å². The summed E-state index contributed by atoms with van der Waals surface area (Å²) in [7, 11) is 0. The van der Waals surface area contributed by atoms with E-state index in [1.807, 2.05) is 20.8 Å². The maximum Gasteiger partial charge on any atom is 0.294 e. The van der Waals surface area contributed by atoms with Crippen LogP contribution in [0.1, 0.15) is 26.3 Å². The van der Waals surface area contributed by atoms with Crippen LogP contribution < -0.4 is 24.3 Å². The second-order valence-electron chi connectivity index (χ2n) is 7.69. The van der Waals surface area contributed by atoms with E-state index >= 15 is 0 Å². The lowest BCUT2D eigenvalue weighted by Gasteiger charge is -2.15. The van der Waals surface area contributed by atoms with Crippen LogP contribution in [-0.2, 0) is 9.59 Å². The van der Waals surface area contributed by atoms with E-state index < -0.39 is 23.6 Å². The highest BCUT2D eigenvalue weighted by atomic mass is 32.2. The summed E-state index contributed by atoms with van der Waals surface area (Å²) in [6.45, 7) is 5.88. The summed E-state index contributed by atoms with van der Waals surface area (Å²) in [5.41, 5.74) is 1.15. The summed E-state index contributed by atoms with van der Waals surface area (Å²) < 4.78 is 21.9. The Bertz CT molecular complexity index is 1160. The quantitative estimate of drug-likeness (QED) is 0.554. The van der Waals surface area contributed by atoms with Crippen molar-refractivity contribution in [3.05, 3.63) is 46.9 Å². The van der Waals surface area contributed by atoms with Crippen LogP contribution in [0.2, 0.25) is 0 Å². The number of hydrogen-bond donors (Lipinski definition) is 1. The smallest absolute Gasteiger partial charge is 0.294 e. The van der Waals surface area contributed by atoms with E-state index in [1.165, 1.54) is 0 Å². The van der Waals surface area contributed by atoms with Gasteiger partial charge in [-0.2, -0.15) is 0 Å². The summed E-state index contributed by atoms with van der Waals surface area (Å²) in [5, 5.41) is 2.16. The SMILES string of the molecule is CCOc1cc(/C=C2/SC(=O)N(CC(=O)Nc3ccc4c(c3)OCO4)C2=O)ccc1OC(C)C. The zero-order valence-electron chi connectivity index (χ0n) is 19.0. The molecule has 0 saturated carbocycles. The molecule has 0 aliphatic carbocycles. The van der Waals surface area contributed by atoms with Gasteiger partial charge in [-0.3, -0.25) is 19.3 Å². The number of rotatable bonds is 8. The molecule has 3 amide bonds. The fourth-order valence-electron chi connectivity index (χ4n) is 3.34. The van der Waals surface area contributed by atoms with Crippen molar-refractivity contribution in [2.75, 3.05) is 25.3 Å². The van der Waals surface area contributed by atoms with E-state index in [-0.39, 0.29) is 17.8 Å². The molecule has 1 saturated heterocycles. The van der Waals surface area contributed by atoms with Gasteiger partial charge < -0.3 is 24.3 Å². The topological polar surface area (TPSA) is 103 Å². The van der Waals surface area contributed by atoms with Gasteiger partial charge in [-0.1, -0.05) is 6.07 Å². The van der Waals surface area contributed by atoms with E-state index in [4.69, 9.17) is 18.9 Å². The lowest BCUT2D eigenvalue weighted by molar-refractivity contribution is -0.127. The number of nitrogens with one attached hydrogen (secondary N) is 1. The number of amides is 3. The first kappa shape index (κ1) is 23.5. The lowest BCUT2D eigenvalue weighted by atomic mass is 10.1. The molecule has 0 unspecified atom stereocenters. The average Bonchev–Trinajstić information content (AvgIpc) is 3.35. The summed E-state index contributed by atoms with van der Waals surface area (Å²) in [4.78, 5) is 38.9. The molecular formula is C24H24N2O7S. The van der Waals surface area contributed by atoms with Gasteiger partial charge in [0.05, 0.1) is 17.6 Å². The Balaban J connectivity index is 1.44. The van der Waals surface area contributed by atoms with E-state index in [0.717, 1.165) is 16.7 Å². The molecule has 0 spiro atoms. The second kappa shape index (κ2) is 10.1. The Morgan fingerprint density at radius 1 is 1.15 bits per heavy atom. The molecule has 9 nitrogen and oxygen atoms in total. The van der Waals surface area contributed by atoms with Crippen molar-refractivity contribution < 1.29 is 33.3 Å². The van der Waals surface area contributed by atoms with Gasteiger partial charge in [-0.15, -0.1) is 0 Å². The summed E-state index contributed by atoms with van der Waals surface area (Å²) >= 11 is 0.785. The molecule has 0 radical (unpaired) electrons. The molecule has 2 aromatic rings. The van der Waals surface area contributed by atoms with Crippen molar-refractivity contribution in [3.8, 4) is 23.0 Å². The minimum absolute atomic E-state index is 0.0228. The molecule has 34 heavy (non-hydrogen) atoms. The molecule has 4 rings (SSSR count). The third-order valence-corrected chi connectivity index (χ3v) is 5.67. The van der Waals surface area contributed by atoms with Crippen LogP contribution in [-0.4, -0.2) is 48.0 Å². The van der Waals surface area contributed by atoms with E-state index in [2.05, 4.69) is 5.32 Å². The largest absolute Gasteiger partial charge is 0.490 e. The zero-order chi connectivity index (χ0) is 24.2. The van der Waals surface area contributed by atoms with Crippen LogP contribution in [0.5, 0.6) is 23.0 Å². The number of fused-ring (bicyclic) bond motifs is 1. The number of benzene rings is 2. The molecule has 0 aromatic heterocycles. The summed E-state index contributed by atoms with van der Waals surface area (Å²) in [5.74, 6) is 1.22. The molecule has 10 heteroatoms. The molecular weight excluding hydrogens is 460 g/mol. The first-order valence-electron chi connectivity index (χ1n) is 10.7. The lowest BCUT2D eigenvalue weighted by Crippen LogP contribution is -2.36. The predicted molar refractivity (Wildman–Crippen MR) is 127 cm³/mol. The number of carbonyl (C=O) groups is 3. The van der Waals surface area contributed by atoms with E-state index in [9.17, 15) is 14.4 Å². The fourth-order valence-corrected chi connectivity index (χ4v) is 4.18.